The van der Waals surface area contributed by atoms with Crippen LogP contribution in [0, 0.1) is 5.92 Å². The van der Waals surface area contributed by atoms with Crippen LogP contribution in [-0.4, -0.2) is 62.9 Å². The molecule has 1 aliphatic heterocycles. The van der Waals surface area contributed by atoms with E-state index in [-0.39, 0.29) is 42.1 Å². The zero-order valence-electron chi connectivity index (χ0n) is 13.2. The monoisotopic (exact) mass is 377 g/mol. The van der Waals surface area contributed by atoms with Crippen molar-refractivity contribution in [3.63, 3.8) is 0 Å². The van der Waals surface area contributed by atoms with Gasteiger partial charge in [0.05, 0.1) is 23.2 Å². The van der Waals surface area contributed by atoms with Crippen LogP contribution >= 0.6 is 12.4 Å². The molecule has 24 heavy (non-hydrogen) atoms. The number of carboxylic acids is 1. The van der Waals surface area contributed by atoms with Crippen molar-refractivity contribution in [2.45, 2.75) is 11.3 Å². The lowest BCUT2D eigenvalue weighted by molar-refractivity contribution is -0.141. The van der Waals surface area contributed by atoms with Gasteiger partial charge in [0.15, 0.2) is 9.84 Å². The second kappa shape index (κ2) is 8.46. The third kappa shape index (κ3) is 4.68. The van der Waals surface area contributed by atoms with E-state index in [1.807, 2.05) is 0 Å². The fraction of sp³-hybridized carbons (Fsp3) is 0.467. The van der Waals surface area contributed by atoms with E-state index in [4.69, 9.17) is 9.84 Å². The van der Waals surface area contributed by atoms with Crippen molar-refractivity contribution in [3.05, 3.63) is 29.8 Å². The summed E-state index contributed by atoms with van der Waals surface area (Å²) >= 11 is 0. The molecular weight excluding hydrogens is 358 g/mol. The summed E-state index contributed by atoms with van der Waals surface area (Å²) in [4.78, 5) is 24.9. The van der Waals surface area contributed by atoms with Gasteiger partial charge in [-0.25, -0.2) is 8.42 Å². The molecule has 0 aliphatic carbocycles. The van der Waals surface area contributed by atoms with Gasteiger partial charge in [0.2, 0.25) is 0 Å². The SMILES string of the molecule is COCCS(=O)(=O)c1ccc(C(=O)N2CCC(C(=O)O)C2)cc1.Cl. The highest BCUT2D eigenvalue weighted by Gasteiger charge is 2.31. The number of hydrogen-bond donors (Lipinski definition) is 1. The zero-order chi connectivity index (χ0) is 17.0. The summed E-state index contributed by atoms with van der Waals surface area (Å²) in [5, 5.41) is 8.97. The van der Waals surface area contributed by atoms with Crippen molar-refractivity contribution >= 4 is 34.1 Å². The maximum atomic E-state index is 12.3. The van der Waals surface area contributed by atoms with Crippen LogP contribution < -0.4 is 0 Å². The van der Waals surface area contributed by atoms with Gasteiger partial charge in [-0.2, -0.15) is 0 Å². The molecule has 1 unspecified atom stereocenters. The lowest BCUT2D eigenvalue weighted by Crippen LogP contribution is -2.29. The quantitative estimate of drug-likeness (QED) is 0.795. The summed E-state index contributed by atoms with van der Waals surface area (Å²) in [6.45, 7) is 0.680. The Morgan fingerprint density at radius 2 is 1.92 bits per heavy atom. The highest BCUT2D eigenvalue weighted by atomic mass is 35.5. The summed E-state index contributed by atoms with van der Waals surface area (Å²) in [7, 11) is -2.00. The minimum Gasteiger partial charge on any atom is -0.481 e. The first kappa shape index (κ1) is 20.4. The highest BCUT2D eigenvalue weighted by Crippen LogP contribution is 2.20. The van der Waals surface area contributed by atoms with E-state index in [0.29, 0.717) is 18.5 Å². The Bertz CT molecular complexity index is 688. The van der Waals surface area contributed by atoms with Gasteiger partial charge in [0.25, 0.3) is 5.91 Å². The van der Waals surface area contributed by atoms with Crippen molar-refractivity contribution in [2.24, 2.45) is 5.92 Å². The van der Waals surface area contributed by atoms with E-state index in [9.17, 15) is 18.0 Å². The topological polar surface area (TPSA) is 101 Å². The Labute approximate surface area is 146 Å². The summed E-state index contributed by atoms with van der Waals surface area (Å²) in [6, 6.07) is 5.69. The van der Waals surface area contributed by atoms with Gasteiger partial charge in [-0.3, -0.25) is 9.59 Å². The molecule has 134 valence electrons. The Kier molecular flexibility index (Phi) is 7.19. The first-order chi connectivity index (χ1) is 10.8. The van der Waals surface area contributed by atoms with Crippen LogP contribution in [0.5, 0.6) is 0 Å². The van der Waals surface area contributed by atoms with E-state index in [1.165, 1.54) is 36.3 Å². The summed E-state index contributed by atoms with van der Waals surface area (Å²) < 4.78 is 28.8. The number of carbonyl (C=O) groups excluding carboxylic acids is 1. The molecule has 1 heterocycles. The second-order valence-electron chi connectivity index (χ2n) is 5.41. The molecule has 1 saturated heterocycles. The van der Waals surface area contributed by atoms with Gasteiger partial charge < -0.3 is 14.7 Å². The molecule has 2 rings (SSSR count). The first-order valence-electron chi connectivity index (χ1n) is 7.19. The van der Waals surface area contributed by atoms with Crippen molar-refractivity contribution in [1.82, 2.24) is 4.90 Å². The number of amides is 1. The second-order valence-corrected chi connectivity index (χ2v) is 7.52. The summed E-state index contributed by atoms with van der Waals surface area (Å²) in [6.07, 6.45) is 0.435. The lowest BCUT2D eigenvalue weighted by atomic mass is 10.1. The number of carbonyl (C=O) groups is 2. The smallest absolute Gasteiger partial charge is 0.308 e. The number of sulfone groups is 1. The van der Waals surface area contributed by atoms with Crippen LogP contribution in [-0.2, 0) is 19.4 Å². The molecule has 1 fully saturated rings. The molecule has 1 N–H and O–H groups in total. The number of rotatable bonds is 6. The van der Waals surface area contributed by atoms with Crippen molar-refractivity contribution < 1.29 is 27.9 Å². The summed E-state index contributed by atoms with van der Waals surface area (Å²) in [5.74, 6) is -1.84. The lowest BCUT2D eigenvalue weighted by Gasteiger charge is -2.16. The molecule has 0 bridgehead atoms. The average molecular weight is 378 g/mol. The standard InChI is InChI=1S/C15H19NO6S.ClH/c1-22-8-9-23(20,21)13-4-2-11(3-5-13)14(17)16-7-6-12(10-16)15(18)19;/h2-5,12H,6-10H2,1H3,(H,18,19);1H. The van der Waals surface area contributed by atoms with Crippen LogP contribution in [0.4, 0.5) is 0 Å². The third-order valence-electron chi connectivity index (χ3n) is 3.84. The molecule has 9 heteroatoms. The molecule has 1 aromatic carbocycles. The Hall–Kier alpha value is -1.64. The normalized spacial score (nSPS) is 17.4. The van der Waals surface area contributed by atoms with Gasteiger partial charge in [-0.1, -0.05) is 0 Å². The van der Waals surface area contributed by atoms with Gasteiger partial charge in [-0.15, -0.1) is 12.4 Å². The van der Waals surface area contributed by atoms with Gasteiger partial charge in [0, 0.05) is 25.8 Å². The molecule has 0 saturated carbocycles. The Morgan fingerprint density at radius 1 is 1.29 bits per heavy atom. The number of halogens is 1. The van der Waals surface area contributed by atoms with E-state index in [1.54, 1.807) is 0 Å². The molecule has 1 amide bonds. The number of aliphatic carboxylic acids is 1. The molecule has 1 atom stereocenters. The predicted molar refractivity (Wildman–Crippen MR) is 89.3 cm³/mol. The van der Waals surface area contributed by atoms with Crippen LogP contribution in [0.25, 0.3) is 0 Å². The Morgan fingerprint density at radius 3 is 2.42 bits per heavy atom. The molecule has 7 nitrogen and oxygen atoms in total. The van der Waals surface area contributed by atoms with Gasteiger partial charge >= 0.3 is 5.97 Å². The van der Waals surface area contributed by atoms with E-state index in [0.717, 1.165) is 0 Å². The summed E-state index contributed by atoms with van der Waals surface area (Å²) in [5.41, 5.74) is 0.349. The molecule has 1 aliphatic rings. The van der Waals surface area contributed by atoms with Gasteiger partial charge in [0.1, 0.15) is 0 Å². The number of likely N-dealkylation sites (tertiary alicyclic amines) is 1. The maximum absolute atomic E-state index is 12.3. The average Bonchev–Trinajstić information content (AvgIpc) is 3.02. The highest BCUT2D eigenvalue weighted by molar-refractivity contribution is 7.91. The maximum Gasteiger partial charge on any atom is 0.308 e. The number of carboxylic acid groups (broad SMARTS) is 1. The minimum absolute atomic E-state index is 0. The number of hydrogen-bond acceptors (Lipinski definition) is 5. The fourth-order valence-corrected chi connectivity index (χ4v) is 3.62. The first-order valence-corrected chi connectivity index (χ1v) is 8.84. The van der Waals surface area contributed by atoms with E-state index < -0.39 is 21.7 Å². The molecule has 0 aromatic heterocycles. The molecule has 1 aromatic rings. The van der Waals surface area contributed by atoms with Crippen molar-refractivity contribution in [3.8, 4) is 0 Å². The fourth-order valence-electron chi connectivity index (χ4n) is 2.44. The van der Waals surface area contributed by atoms with Crippen LogP contribution in [0.2, 0.25) is 0 Å². The zero-order valence-corrected chi connectivity index (χ0v) is 14.8. The van der Waals surface area contributed by atoms with E-state index in [2.05, 4.69) is 0 Å². The number of benzene rings is 1. The van der Waals surface area contributed by atoms with Gasteiger partial charge in [-0.05, 0) is 30.7 Å². The molecule has 0 spiro atoms. The number of nitrogens with zero attached hydrogens (tertiary/aromatic N) is 1. The number of methoxy groups -OCH3 is 1. The van der Waals surface area contributed by atoms with Crippen molar-refractivity contribution in [2.75, 3.05) is 32.6 Å². The van der Waals surface area contributed by atoms with E-state index >= 15 is 0 Å². The van der Waals surface area contributed by atoms with Crippen LogP contribution in [0.1, 0.15) is 16.8 Å². The van der Waals surface area contributed by atoms with Crippen molar-refractivity contribution in [1.29, 1.82) is 0 Å². The Balaban J connectivity index is 0.00000288. The predicted octanol–water partition coefficient (Wildman–Crippen LogP) is 1.08. The van der Waals surface area contributed by atoms with Crippen LogP contribution in [0.3, 0.4) is 0 Å². The largest absolute Gasteiger partial charge is 0.481 e. The molecular formula is C15H20ClNO6S. The minimum atomic E-state index is -3.43. The third-order valence-corrected chi connectivity index (χ3v) is 5.54. The van der Waals surface area contributed by atoms with Crippen LogP contribution in [0.15, 0.2) is 29.2 Å². The molecule has 0 radical (unpaired) electrons. The number of ether oxygens (including phenoxy) is 1.